The maximum Gasteiger partial charge on any atom is 0.255 e. The monoisotopic (exact) mass is 556 g/mol. The van der Waals surface area contributed by atoms with E-state index in [1.165, 1.54) is 4.57 Å². The second-order valence-electron chi connectivity index (χ2n) is 11.2. The van der Waals surface area contributed by atoms with E-state index in [4.69, 9.17) is 4.98 Å². The average Bonchev–Trinajstić information content (AvgIpc) is 3.85. The molecule has 4 heterocycles. The Bertz CT molecular complexity index is 1570. The van der Waals surface area contributed by atoms with Gasteiger partial charge in [-0.3, -0.25) is 23.9 Å². The Morgan fingerprint density at radius 3 is 2.34 bits per heavy atom. The molecule has 2 aromatic heterocycles. The predicted molar refractivity (Wildman–Crippen MR) is 154 cm³/mol. The van der Waals surface area contributed by atoms with Crippen LogP contribution < -0.4 is 15.3 Å². The molecule has 1 saturated heterocycles. The Morgan fingerprint density at radius 1 is 0.976 bits per heavy atom. The van der Waals surface area contributed by atoms with Gasteiger partial charge in [0.1, 0.15) is 11.2 Å². The topological polar surface area (TPSA) is 91.1 Å². The SMILES string of the molecule is C/N=c1/cc(N2CCN(c3ccc(C(=O)C4CC4)cc3)c3cc(C(=O)N4CCC(C)(F)CC4)cnc32)ccn1C=O. The summed E-state index contributed by atoms with van der Waals surface area (Å²) in [5.41, 5.74) is 2.87. The lowest BCUT2D eigenvalue weighted by Gasteiger charge is -2.38. The first-order chi connectivity index (χ1) is 19.8. The van der Waals surface area contributed by atoms with Crippen molar-refractivity contribution in [1.29, 1.82) is 0 Å². The molecule has 10 heteroatoms. The molecule has 2 fully saturated rings. The van der Waals surface area contributed by atoms with Crippen LogP contribution in [0, 0.1) is 5.92 Å². The third kappa shape index (κ3) is 5.26. The van der Waals surface area contributed by atoms with Gasteiger partial charge in [0, 0.05) is 74.5 Å². The van der Waals surface area contributed by atoms with Gasteiger partial charge in [-0.05, 0) is 69.0 Å². The Balaban J connectivity index is 1.37. The van der Waals surface area contributed by atoms with E-state index < -0.39 is 5.67 Å². The van der Waals surface area contributed by atoms with Gasteiger partial charge in [0.25, 0.3) is 5.91 Å². The van der Waals surface area contributed by atoms with Gasteiger partial charge < -0.3 is 14.7 Å². The van der Waals surface area contributed by atoms with Crippen LogP contribution in [0.2, 0.25) is 0 Å². The highest BCUT2D eigenvalue weighted by molar-refractivity contribution is 6.00. The van der Waals surface area contributed by atoms with Gasteiger partial charge in [-0.15, -0.1) is 0 Å². The van der Waals surface area contributed by atoms with Gasteiger partial charge in [0.2, 0.25) is 6.41 Å². The van der Waals surface area contributed by atoms with Crippen LogP contribution in [0.3, 0.4) is 0 Å². The van der Waals surface area contributed by atoms with Gasteiger partial charge in [-0.2, -0.15) is 0 Å². The minimum Gasteiger partial charge on any atom is -0.338 e. The van der Waals surface area contributed by atoms with E-state index in [1.54, 1.807) is 31.3 Å². The van der Waals surface area contributed by atoms with E-state index in [1.807, 2.05) is 47.4 Å². The molecule has 0 spiro atoms. The van der Waals surface area contributed by atoms with Crippen molar-refractivity contribution in [3.05, 3.63) is 71.5 Å². The molecule has 1 aliphatic carbocycles. The molecular weight excluding hydrogens is 523 g/mol. The molecule has 1 amide bonds. The van der Waals surface area contributed by atoms with Crippen molar-refractivity contribution >= 4 is 41.0 Å². The van der Waals surface area contributed by atoms with Crippen molar-refractivity contribution in [2.75, 3.05) is 43.0 Å². The van der Waals surface area contributed by atoms with Crippen molar-refractivity contribution in [2.24, 2.45) is 10.9 Å². The third-order valence-electron chi connectivity index (χ3n) is 8.29. The Morgan fingerprint density at radius 2 is 1.68 bits per heavy atom. The lowest BCUT2D eigenvalue weighted by Crippen LogP contribution is -2.43. The highest BCUT2D eigenvalue weighted by Crippen LogP contribution is 2.41. The number of aromatic nitrogens is 2. The van der Waals surface area contributed by atoms with Gasteiger partial charge in [-0.1, -0.05) is 0 Å². The van der Waals surface area contributed by atoms with Crippen molar-refractivity contribution in [3.63, 3.8) is 0 Å². The fraction of sp³-hybridized carbons (Fsp3) is 0.387. The summed E-state index contributed by atoms with van der Waals surface area (Å²) in [6, 6.07) is 13.1. The number of amides is 1. The summed E-state index contributed by atoms with van der Waals surface area (Å²) in [6.45, 7) is 3.49. The number of anilines is 4. The van der Waals surface area contributed by atoms with E-state index in [-0.39, 0.29) is 17.6 Å². The number of Topliss-reactive ketones (excluding diaryl/α,β-unsaturated/α-hetero) is 1. The molecule has 3 aliphatic rings. The highest BCUT2D eigenvalue weighted by Gasteiger charge is 2.34. The van der Waals surface area contributed by atoms with E-state index in [0.29, 0.717) is 67.9 Å². The largest absolute Gasteiger partial charge is 0.338 e. The molecule has 1 saturated carbocycles. The quantitative estimate of drug-likeness (QED) is 0.332. The van der Waals surface area contributed by atoms with Crippen LogP contribution in [0.15, 0.2) is 59.9 Å². The zero-order chi connectivity index (χ0) is 28.7. The average molecular weight is 557 g/mol. The van der Waals surface area contributed by atoms with Crippen LogP contribution in [0.25, 0.3) is 0 Å². The van der Waals surface area contributed by atoms with Gasteiger partial charge >= 0.3 is 0 Å². The number of likely N-dealkylation sites (tertiary alicyclic amines) is 1. The summed E-state index contributed by atoms with van der Waals surface area (Å²) >= 11 is 0. The first-order valence-corrected chi connectivity index (χ1v) is 14.1. The van der Waals surface area contributed by atoms with Crippen LogP contribution in [0.5, 0.6) is 0 Å². The summed E-state index contributed by atoms with van der Waals surface area (Å²) in [5.74, 6) is 0.830. The molecular formula is C31H33FN6O3. The van der Waals surface area contributed by atoms with Gasteiger partial charge in [-0.25, -0.2) is 9.37 Å². The number of carbonyl (C=O) groups excluding carboxylic acids is 3. The van der Waals surface area contributed by atoms with Crippen LogP contribution in [-0.2, 0) is 4.79 Å². The molecule has 2 aliphatic heterocycles. The Kier molecular flexibility index (Phi) is 6.93. The number of piperidine rings is 1. The fourth-order valence-corrected chi connectivity index (χ4v) is 5.59. The number of hydrogen-bond acceptors (Lipinski definition) is 7. The number of benzene rings is 1. The van der Waals surface area contributed by atoms with Gasteiger partial charge in [0.15, 0.2) is 11.6 Å². The van der Waals surface area contributed by atoms with E-state index in [2.05, 4.69) is 9.89 Å². The molecule has 41 heavy (non-hydrogen) atoms. The zero-order valence-corrected chi connectivity index (χ0v) is 23.3. The van der Waals surface area contributed by atoms with E-state index >= 15 is 0 Å². The Labute approximate surface area is 237 Å². The first-order valence-electron chi connectivity index (χ1n) is 14.1. The fourth-order valence-electron chi connectivity index (χ4n) is 5.59. The van der Waals surface area contributed by atoms with Crippen molar-refractivity contribution in [3.8, 4) is 0 Å². The molecule has 6 rings (SSSR count). The molecule has 0 unspecified atom stereocenters. The van der Waals surface area contributed by atoms with E-state index in [9.17, 15) is 18.8 Å². The lowest BCUT2D eigenvalue weighted by molar-refractivity contribution is 0.0503. The number of pyridine rings is 2. The normalized spacial score (nSPS) is 18.7. The maximum absolute atomic E-state index is 14.4. The smallest absolute Gasteiger partial charge is 0.255 e. The number of fused-ring (bicyclic) bond motifs is 1. The number of alkyl halides is 1. The third-order valence-corrected chi connectivity index (χ3v) is 8.29. The molecule has 0 N–H and O–H groups in total. The van der Waals surface area contributed by atoms with Crippen LogP contribution in [-0.4, -0.2) is 71.4 Å². The summed E-state index contributed by atoms with van der Waals surface area (Å²) in [7, 11) is 1.63. The standard InChI is InChI=1S/C31H33FN6O3/c1-31(32)10-13-35(14-11-31)30(41)23-17-26-29(34-19-23)38(25-9-12-36(20-39)27(18-25)33-2)16-15-37(26)24-7-5-22(6-8-24)28(40)21-3-4-21/h5-9,12,17-21H,3-4,10-11,13-16H2,1-2H3/b33-27-. The molecule has 9 nitrogen and oxygen atoms in total. The molecule has 1 aromatic carbocycles. The number of nitrogens with zero attached hydrogens (tertiary/aromatic N) is 6. The van der Waals surface area contributed by atoms with Crippen molar-refractivity contribution in [2.45, 2.75) is 38.3 Å². The van der Waals surface area contributed by atoms with Crippen LogP contribution >= 0.6 is 0 Å². The lowest BCUT2D eigenvalue weighted by atomic mass is 9.95. The Hall–Kier alpha value is -4.34. The number of rotatable bonds is 6. The van der Waals surface area contributed by atoms with Gasteiger partial charge in [0.05, 0.1) is 11.3 Å². The number of hydrogen-bond donors (Lipinski definition) is 0. The molecule has 212 valence electrons. The van der Waals surface area contributed by atoms with Crippen molar-refractivity contribution in [1.82, 2.24) is 14.5 Å². The summed E-state index contributed by atoms with van der Waals surface area (Å²) < 4.78 is 15.8. The minimum absolute atomic E-state index is 0.149. The molecule has 3 aromatic rings. The summed E-state index contributed by atoms with van der Waals surface area (Å²) in [5, 5.41) is 0. The number of carbonyl (C=O) groups is 3. The number of ketones is 1. The second-order valence-corrected chi connectivity index (χ2v) is 11.2. The minimum atomic E-state index is -1.25. The molecule has 0 radical (unpaired) electrons. The highest BCUT2D eigenvalue weighted by atomic mass is 19.1. The summed E-state index contributed by atoms with van der Waals surface area (Å²) in [6.07, 6.45) is 6.48. The first kappa shape index (κ1) is 26.9. The number of halogens is 1. The second kappa shape index (κ2) is 10.6. The molecule has 0 bridgehead atoms. The molecule has 0 atom stereocenters. The van der Waals surface area contributed by atoms with E-state index in [0.717, 1.165) is 29.9 Å². The predicted octanol–water partition coefficient (Wildman–Crippen LogP) is 4.30. The van der Waals surface area contributed by atoms with Crippen LogP contribution in [0.4, 0.5) is 27.3 Å². The van der Waals surface area contributed by atoms with Crippen LogP contribution in [0.1, 0.15) is 53.3 Å². The maximum atomic E-state index is 14.4. The summed E-state index contributed by atoms with van der Waals surface area (Å²) in [4.78, 5) is 52.3. The zero-order valence-electron chi connectivity index (χ0n) is 23.3. The van der Waals surface area contributed by atoms with Crippen molar-refractivity contribution < 1.29 is 18.8 Å².